The van der Waals surface area contributed by atoms with Crippen LogP contribution in [0.15, 0.2) is 47.8 Å². The van der Waals surface area contributed by atoms with Crippen molar-refractivity contribution in [1.82, 2.24) is 4.98 Å². The van der Waals surface area contributed by atoms with Crippen molar-refractivity contribution in [1.29, 1.82) is 0 Å². The molecule has 0 fully saturated rings. The molecule has 0 atom stereocenters. The van der Waals surface area contributed by atoms with E-state index in [1.54, 1.807) is 25.3 Å². The Morgan fingerprint density at radius 2 is 1.88 bits per heavy atom. The summed E-state index contributed by atoms with van der Waals surface area (Å²) in [5.74, 6) is 1.79. The highest BCUT2D eigenvalue weighted by Gasteiger charge is 2.16. The number of amides is 1. The summed E-state index contributed by atoms with van der Waals surface area (Å²) in [4.78, 5) is 17.0. The predicted molar refractivity (Wildman–Crippen MR) is 99.5 cm³/mol. The summed E-state index contributed by atoms with van der Waals surface area (Å²) >= 11 is 1.38. The number of nitrogens with zero attached hydrogens (tertiary/aromatic N) is 1. The number of carbonyl (C=O) groups excluding carboxylic acids is 1. The largest absolute Gasteiger partial charge is 0.497 e. The Morgan fingerprint density at radius 3 is 2.65 bits per heavy atom. The van der Waals surface area contributed by atoms with E-state index >= 15 is 0 Å². The molecule has 2 aromatic carbocycles. The Labute approximate surface area is 154 Å². The molecule has 0 aliphatic carbocycles. The molecule has 6 nitrogen and oxygen atoms in total. The summed E-state index contributed by atoms with van der Waals surface area (Å²) in [5, 5.41) is 5.27. The second kappa shape index (κ2) is 7.05. The number of thiazole rings is 1. The van der Waals surface area contributed by atoms with Crippen LogP contribution in [0, 0.1) is 0 Å². The molecule has 1 aliphatic heterocycles. The highest BCUT2D eigenvalue weighted by Crippen LogP contribution is 2.31. The van der Waals surface area contributed by atoms with Gasteiger partial charge in [-0.15, -0.1) is 11.3 Å². The minimum Gasteiger partial charge on any atom is -0.497 e. The maximum atomic E-state index is 12.5. The molecule has 0 spiro atoms. The zero-order valence-corrected chi connectivity index (χ0v) is 14.8. The molecule has 0 bridgehead atoms. The Morgan fingerprint density at radius 1 is 1.12 bits per heavy atom. The van der Waals surface area contributed by atoms with Crippen molar-refractivity contribution in [3.05, 3.63) is 53.4 Å². The van der Waals surface area contributed by atoms with Gasteiger partial charge in [0.25, 0.3) is 5.91 Å². The minimum atomic E-state index is -0.238. The summed E-state index contributed by atoms with van der Waals surface area (Å²) < 4.78 is 16.1. The van der Waals surface area contributed by atoms with Crippen LogP contribution in [-0.4, -0.2) is 31.2 Å². The lowest BCUT2D eigenvalue weighted by Crippen LogP contribution is -2.17. The molecule has 1 N–H and O–H groups in total. The highest BCUT2D eigenvalue weighted by atomic mass is 32.1. The number of aromatic nitrogens is 1. The van der Waals surface area contributed by atoms with Crippen molar-refractivity contribution in [3.63, 3.8) is 0 Å². The second-order valence-corrected chi connectivity index (χ2v) is 6.44. The lowest BCUT2D eigenvalue weighted by atomic mass is 10.2. The maximum Gasteiger partial charge on any atom is 0.257 e. The first-order valence-corrected chi connectivity index (χ1v) is 8.92. The summed E-state index contributed by atoms with van der Waals surface area (Å²) in [5.41, 5.74) is 2.26. The summed E-state index contributed by atoms with van der Waals surface area (Å²) in [6, 6.07) is 12.8. The van der Waals surface area contributed by atoms with Crippen LogP contribution in [0.1, 0.15) is 10.4 Å². The van der Waals surface area contributed by atoms with E-state index in [0.717, 1.165) is 17.0 Å². The van der Waals surface area contributed by atoms with Crippen LogP contribution in [0.5, 0.6) is 17.2 Å². The molecule has 0 radical (unpaired) electrons. The number of benzene rings is 2. The van der Waals surface area contributed by atoms with Crippen molar-refractivity contribution in [2.75, 3.05) is 25.6 Å². The van der Waals surface area contributed by atoms with Gasteiger partial charge in [0.1, 0.15) is 19.0 Å². The predicted octanol–water partition coefficient (Wildman–Crippen LogP) is 3.84. The molecule has 1 aromatic heterocycles. The van der Waals surface area contributed by atoms with Crippen LogP contribution in [0.2, 0.25) is 0 Å². The number of nitrogens with one attached hydrogen (secondary N) is 1. The molecule has 3 aromatic rings. The van der Waals surface area contributed by atoms with Crippen molar-refractivity contribution in [3.8, 4) is 28.5 Å². The zero-order valence-electron chi connectivity index (χ0n) is 14.0. The summed E-state index contributed by atoms with van der Waals surface area (Å²) in [6.07, 6.45) is 0. The number of methoxy groups -OCH3 is 1. The Balaban J connectivity index is 1.49. The second-order valence-electron chi connectivity index (χ2n) is 5.58. The number of ether oxygens (including phenoxy) is 3. The first kappa shape index (κ1) is 16.4. The highest BCUT2D eigenvalue weighted by molar-refractivity contribution is 7.14. The summed E-state index contributed by atoms with van der Waals surface area (Å²) in [7, 11) is 1.63. The number of hydrogen-bond donors (Lipinski definition) is 1. The first-order valence-electron chi connectivity index (χ1n) is 8.04. The number of hydrogen-bond acceptors (Lipinski definition) is 6. The van der Waals surface area contributed by atoms with Crippen LogP contribution < -0.4 is 19.5 Å². The molecule has 1 aliphatic rings. The molecule has 2 heterocycles. The molecule has 0 unspecified atom stereocenters. The van der Waals surface area contributed by atoms with Gasteiger partial charge in [0.15, 0.2) is 16.6 Å². The fraction of sp³-hybridized carbons (Fsp3) is 0.158. The smallest absolute Gasteiger partial charge is 0.257 e. The molecule has 7 heteroatoms. The van der Waals surface area contributed by atoms with Gasteiger partial charge < -0.3 is 14.2 Å². The lowest BCUT2D eigenvalue weighted by Gasteiger charge is -2.18. The molecule has 0 saturated carbocycles. The Bertz CT molecular complexity index is 937. The van der Waals surface area contributed by atoms with Gasteiger partial charge in [0, 0.05) is 16.5 Å². The molecule has 4 rings (SSSR count). The quantitative estimate of drug-likeness (QED) is 0.758. The third-order valence-electron chi connectivity index (χ3n) is 3.91. The van der Waals surface area contributed by atoms with E-state index < -0.39 is 0 Å². The van der Waals surface area contributed by atoms with Crippen molar-refractivity contribution >= 4 is 22.4 Å². The molecule has 0 saturated heterocycles. The topological polar surface area (TPSA) is 69.7 Å². The van der Waals surface area contributed by atoms with Gasteiger partial charge in [-0.1, -0.05) is 0 Å². The van der Waals surface area contributed by atoms with E-state index in [0.29, 0.717) is 35.4 Å². The SMILES string of the molecule is COc1ccc(-c2csc(NC(=O)c3ccc4c(c3)OCCO4)n2)cc1. The van der Waals surface area contributed by atoms with Gasteiger partial charge in [-0.05, 0) is 42.5 Å². The Hall–Kier alpha value is -3.06. The molecule has 132 valence electrons. The van der Waals surface area contributed by atoms with Crippen LogP contribution in [0.4, 0.5) is 5.13 Å². The standard InChI is InChI=1S/C19H16N2O4S/c1-23-14-5-2-12(3-6-14)15-11-26-19(20-15)21-18(22)13-4-7-16-17(10-13)25-9-8-24-16/h2-7,10-11H,8-9H2,1H3,(H,20,21,22). The average molecular weight is 368 g/mol. The number of fused-ring (bicyclic) bond motifs is 1. The number of rotatable bonds is 4. The van der Waals surface area contributed by atoms with E-state index in [1.807, 2.05) is 29.6 Å². The lowest BCUT2D eigenvalue weighted by molar-refractivity contribution is 0.102. The normalized spacial score (nSPS) is 12.5. The van der Waals surface area contributed by atoms with Gasteiger partial charge in [-0.2, -0.15) is 0 Å². The molecule has 26 heavy (non-hydrogen) atoms. The van der Waals surface area contributed by atoms with Crippen molar-refractivity contribution in [2.45, 2.75) is 0 Å². The van der Waals surface area contributed by atoms with E-state index in [-0.39, 0.29) is 5.91 Å². The van der Waals surface area contributed by atoms with E-state index in [4.69, 9.17) is 14.2 Å². The molecule has 1 amide bonds. The third-order valence-corrected chi connectivity index (χ3v) is 4.67. The van der Waals surface area contributed by atoms with Gasteiger partial charge in [0.2, 0.25) is 0 Å². The van der Waals surface area contributed by atoms with Crippen molar-refractivity contribution in [2.24, 2.45) is 0 Å². The van der Waals surface area contributed by atoms with Gasteiger partial charge in [-0.25, -0.2) is 4.98 Å². The fourth-order valence-corrected chi connectivity index (χ4v) is 3.29. The van der Waals surface area contributed by atoms with Crippen molar-refractivity contribution < 1.29 is 19.0 Å². The Kier molecular flexibility index (Phi) is 4.45. The zero-order chi connectivity index (χ0) is 17.9. The molecular weight excluding hydrogens is 352 g/mol. The van der Waals surface area contributed by atoms with Gasteiger partial charge >= 0.3 is 0 Å². The third kappa shape index (κ3) is 3.34. The molecular formula is C19H16N2O4S. The van der Waals surface area contributed by atoms with E-state index in [2.05, 4.69) is 10.3 Å². The van der Waals surface area contributed by atoms with E-state index in [9.17, 15) is 4.79 Å². The van der Waals surface area contributed by atoms with Gasteiger partial charge in [0.05, 0.1) is 12.8 Å². The fourth-order valence-electron chi connectivity index (χ4n) is 2.58. The van der Waals surface area contributed by atoms with E-state index in [1.165, 1.54) is 11.3 Å². The summed E-state index contributed by atoms with van der Waals surface area (Å²) in [6.45, 7) is 1.00. The van der Waals surface area contributed by atoms with Crippen LogP contribution in [-0.2, 0) is 0 Å². The first-order chi connectivity index (χ1) is 12.7. The van der Waals surface area contributed by atoms with Gasteiger partial charge in [-0.3, -0.25) is 10.1 Å². The van der Waals surface area contributed by atoms with Crippen LogP contribution >= 0.6 is 11.3 Å². The minimum absolute atomic E-state index is 0.238. The van der Waals surface area contributed by atoms with Crippen LogP contribution in [0.25, 0.3) is 11.3 Å². The monoisotopic (exact) mass is 368 g/mol. The average Bonchev–Trinajstić information content (AvgIpc) is 3.16. The maximum absolute atomic E-state index is 12.5. The number of carbonyl (C=O) groups is 1. The number of anilines is 1. The van der Waals surface area contributed by atoms with Crippen LogP contribution in [0.3, 0.4) is 0 Å².